The maximum Gasteiger partial charge on any atom is 0.157 e. The lowest BCUT2D eigenvalue weighted by atomic mass is 10.0. The molecule has 2 fully saturated rings. The van der Waals surface area contributed by atoms with Crippen molar-refractivity contribution in [3.05, 3.63) is 0 Å². The minimum atomic E-state index is -2.68. The summed E-state index contributed by atoms with van der Waals surface area (Å²) in [6, 6.07) is 0. The average Bonchev–Trinajstić information content (AvgIpc) is 2.34. The van der Waals surface area contributed by atoms with E-state index in [9.17, 15) is 8.42 Å². The molecule has 0 radical (unpaired) electrons. The Kier molecular flexibility index (Phi) is 1.15. The monoisotopic (exact) mass is 161 g/mol. The Morgan fingerprint density at radius 3 is 2.30 bits per heavy atom. The van der Waals surface area contributed by atoms with Crippen LogP contribution in [0.3, 0.4) is 0 Å². The van der Waals surface area contributed by atoms with Gasteiger partial charge >= 0.3 is 0 Å². The predicted octanol–water partition coefficient (Wildman–Crippen LogP) is -0.463. The molecule has 4 heteroatoms. The van der Waals surface area contributed by atoms with Crippen LogP contribution in [-0.2, 0) is 9.84 Å². The first-order chi connectivity index (χ1) is 4.66. The Bertz CT molecular complexity index is 238. The molecule has 2 rings (SSSR count). The summed E-state index contributed by atoms with van der Waals surface area (Å²) < 4.78 is 22.1. The fourth-order valence-corrected chi connectivity index (χ4v) is 3.61. The molecule has 2 saturated heterocycles. The molecule has 0 bridgehead atoms. The quantitative estimate of drug-likeness (QED) is 0.523. The van der Waals surface area contributed by atoms with Crippen LogP contribution in [0.1, 0.15) is 12.8 Å². The third-order valence-electron chi connectivity index (χ3n) is 2.69. The van der Waals surface area contributed by atoms with Gasteiger partial charge in [-0.3, -0.25) is 0 Å². The van der Waals surface area contributed by atoms with Gasteiger partial charge in [-0.15, -0.1) is 0 Å². The van der Waals surface area contributed by atoms with Crippen LogP contribution in [0, 0.1) is 0 Å². The number of hydrogen-bond donors (Lipinski definition) is 1. The summed E-state index contributed by atoms with van der Waals surface area (Å²) in [5.41, 5.74) is 0. The first kappa shape index (κ1) is 6.61. The molecule has 58 valence electrons. The highest BCUT2D eigenvalue weighted by Crippen LogP contribution is 2.38. The van der Waals surface area contributed by atoms with Crippen molar-refractivity contribution in [2.24, 2.45) is 0 Å². The predicted molar refractivity (Wildman–Crippen MR) is 38.6 cm³/mol. The van der Waals surface area contributed by atoms with Gasteiger partial charge in [0.1, 0.15) is 0 Å². The molecule has 0 amide bonds. The summed E-state index contributed by atoms with van der Waals surface area (Å²) >= 11 is 0. The fraction of sp³-hybridized carbons (Fsp3) is 1.00. The maximum absolute atomic E-state index is 11.2. The van der Waals surface area contributed by atoms with Gasteiger partial charge in [-0.25, -0.2) is 8.42 Å². The molecule has 1 spiro atoms. The molecular weight excluding hydrogens is 150 g/mol. The zero-order valence-electron chi connectivity index (χ0n) is 5.76. The van der Waals surface area contributed by atoms with E-state index in [0.29, 0.717) is 12.3 Å². The fourth-order valence-electron chi connectivity index (χ4n) is 1.76. The summed E-state index contributed by atoms with van der Waals surface area (Å²) in [6.07, 6.45) is 1.71. The zero-order valence-corrected chi connectivity index (χ0v) is 6.58. The maximum atomic E-state index is 11.2. The number of rotatable bonds is 0. The summed E-state index contributed by atoms with van der Waals surface area (Å²) in [5, 5.41) is 3.09. The van der Waals surface area contributed by atoms with Gasteiger partial charge in [-0.05, 0) is 19.4 Å². The van der Waals surface area contributed by atoms with Crippen molar-refractivity contribution >= 4 is 9.84 Å². The first-order valence-electron chi connectivity index (χ1n) is 3.59. The molecule has 0 aliphatic carbocycles. The Labute approximate surface area is 60.7 Å². The summed E-state index contributed by atoms with van der Waals surface area (Å²) in [6.45, 7) is 1.56. The zero-order chi connectivity index (χ0) is 7.24. The van der Waals surface area contributed by atoms with Gasteiger partial charge in [0.25, 0.3) is 0 Å². The Balaban J connectivity index is 2.32. The van der Waals surface area contributed by atoms with E-state index in [1.54, 1.807) is 0 Å². The van der Waals surface area contributed by atoms with Gasteiger partial charge in [0, 0.05) is 6.54 Å². The largest absolute Gasteiger partial charge is 0.315 e. The van der Waals surface area contributed by atoms with Crippen LogP contribution in [0.25, 0.3) is 0 Å². The molecule has 2 aliphatic heterocycles. The molecule has 1 N–H and O–H groups in total. The van der Waals surface area contributed by atoms with E-state index in [0.717, 1.165) is 19.4 Å². The molecule has 3 nitrogen and oxygen atoms in total. The highest BCUT2D eigenvalue weighted by molar-refractivity contribution is 7.94. The first-order valence-corrected chi connectivity index (χ1v) is 5.25. The van der Waals surface area contributed by atoms with Gasteiger partial charge in [0.2, 0.25) is 0 Å². The molecular formula is C6H11NO2S. The van der Waals surface area contributed by atoms with Crippen molar-refractivity contribution in [3.63, 3.8) is 0 Å². The molecule has 0 aromatic heterocycles. The van der Waals surface area contributed by atoms with Crippen LogP contribution in [-0.4, -0.2) is 32.0 Å². The molecule has 0 aromatic carbocycles. The lowest BCUT2D eigenvalue weighted by Gasteiger charge is -2.36. The van der Waals surface area contributed by atoms with E-state index in [1.807, 2.05) is 0 Å². The van der Waals surface area contributed by atoms with Crippen LogP contribution in [0.15, 0.2) is 0 Å². The standard InChI is InChI=1S/C6H11NO2S/c8-10(9)4-2-6(10)1-3-7-5-6/h7H,1-5H2/t6-/m0/s1. The van der Waals surface area contributed by atoms with Crippen molar-refractivity contribution in [2.75, 3.05) is 18.8 Å². The molecule has 2 heterocycles. The lowest BCUT2D eigenvalue weighted by molar-refractivity contribution is 0.472. The van der Waals surface area contributed by atoms with E-state index < -0.39 is 9.84 Å². The van der Waals surface area contributed by atoms with Crippen molar-refractivity contribution < 1.29 is 8.42 Å². The third kappa shape index (κ3) is 0.609. The highest BCUT2D eigenvalue weighted by atomic mass is 32.2. The lowest BCUT2D eigenvalue weighted by Crippen LogP contribution is -2.52. The number of hydrogen-bond acceptors (Lipinski definition) is 3. The van der Waals surface area contributed by atoms with E-state index in [2.05, 4.69) is 5.32 Å². The topological polar surface area (TPSA) is 46.2 Å². The second-order valence-electron chi connectivity index (χ2n) is 3.18. The van der Waals surface area contributed by atoms with E-state index >= 15 is 0 Å². The molecule has 10 heavy (non-hydrogen) atoms. The van der Waals surface area contributed by atoms with Crippen LogP contribution >= 0.6 is 0 Å². The summed E-state index contributed by atoms with van der Waals surface area (Å²) in [7, 11) is -2.68. The minimum absolute atomic E-state index is 0.326. The SMILES string of the molecule is O=S1(=O)CC[C@]12CCNC2. The van der Waals surface area contributed by atoms with E-state index in [-0.39, 0.29) is 4.75 Å². The Morgan fingerprint density at radius 1 is 1.30 bits per heavy atom. The third-order valence-corrected chi connectivity index (χ3v) is 5.30. The van der Waals surface area contributed by atoms with Gasteiger partial charge in [0.15, 0.2) is 9.84 Å². The Hall–Kier alpha value is -0.0900. The Morgan fingerprint density at radius 2 is 2.10 bits per heavy atom. The van der Waals surface area contributed by atoms with Gasteiger partial charge in [-0.1, -0.05) is 0 Å². The van der Waals surface area contributed by atoms with Crippen LogP contribution in [0.4, 0.5) is 0 Å². The molecule has 0 unspecified atom stereocenters. The molecule has 0 saturated carbocycles. The summed E-state index contributed by atoms with van der Waals surface area (Å²) in [5.74, 6) is 0.411. The van der Waals surface area contributed by atoms with Crippen molar-refractivity contribution in [1.29, 1.82) is 0 Å². The second kappa shape index (κ2) is 1.74. The van der Waals surface area contributed by atoms with Crippen molar-refractivity contribution in [1.82, 2.24) is 5.32 Å². The molecule has 2 aliphatic rings. The molecule has 0 aromatic rings. The van der Waals surface area contributed by atoms with E-state index in [1.165, 1.54) is 0 Å². The number of sulfone groups is 1. The van der Waals surface area contributed by atoms with Crippen molar-refractivity contribution in [2.45, 2.75) is 17.6 Å². The number of nitrogens with one attached hydrogen (secondary N) is 1. The molecule has 1 atom stereocenters. The minimum Gasteiger partial charge on any atom is -0.315 e. The average molecular weight is 161 g/mol. The smallest absolute Gasteiger partial charge is 0.157 e. The normalized spacial score (nSPS) is 43.6. The van der Waals surface area contributed by atoms with Crippen molar-refractivity contribution in [3.8, 4) is 0 Å². The van der Waals surface area contributed by atoms with Crippen LogP contribution < -0.4 is 5.32 Å². The van der Waals surface area contributed by atoms with Crippen LogP contribution in [0.2, 0.25) is 0 Å². The van der Waals surface area contributed by atoms with E-state index in [4.69, 9.17) is 0 Å². The highest BCUT2D eigenvalue weighted by Gasteiger charge is 2.53. The van der Waals surface area contributed by atoms with Gasteiger partial charge in [0.05, 0.1) is 10.5 Å². The summed E-state index contributed by atoms with van der Waals surface area (Å²) in [4.78, 5) is 0. The van der Waals surface area contributed by atoms with Gasteiger partial charge < -0.3 is 5.32 Å². The second-order valence-corrected chi connectivity index (χ2v) is 5.68. The van der Waals surface area contributed by atoms with Crippen LogP contribution in [0.5, 0.6) is 0 Å². The van der Waals surface area contributed by atoms with Gasteiger partial charge in [-0.2, -0.15) is 0 Å².